The van der Waals surface area contributed by atoms with E-state index in [4.69, 9.17) is 5.73 Å². The van der Waals surface area contributed by atoms with E-state index in [9.17, 15) is 13.2 Å². The van der Waals surface area contributed by atoms with Crippen LogP contribution < -0.4 is 15.8 Å². The van der Waals surface area contributed by atoms with Crippen molar-refractivity contribution in [1.29, 1.82) is 0 Å². The van der Waals surface area contributed by atoms with E-state index in [0.717, 1.165) is 18.4 Å². The zero-order chi connectivity index (χ0) is 14.6. The van der Waals surface area contributed by atoms with Crippen LogP contribution in [0.5, 0.6) is 5.88 Å². The van der Waals surface area contributed by atoms with E-state index in [2.05, 4.69) is 20.0 Å². The highest BCUT2D eigenvalue weighted by Crippen LogP contribution is 2.18. The molecule has 0 radical (unpaired) electrons. The maximum Gasteiger partial charge on any atom is 0.422 e. The molecule has 2 rings (SSSR count). The summed E-state index contributed by atoms with van der Waals surface area (Å²) in [7, 11) is 0. The Morgan fingerprint density at radius 2 is 2.14 bits per heavy atom. The minimum Gasteiger partial charge on any atom is -0.468 e. The first-order valence-electron chi connectivity index (χ1n) is 6.13. The number of hydrogen-bond donors (Lipinski definition) is 2. The molecule has 1 aliphatic carbocycles. The molecule has 1 heterocycles. The Bertz CT molecular complexity index is 474. The molecule has 0 saturated heterocycles. The van der Waals surface area contributed by atoms with Crippen LogP contribution in [0.2, 0.25) is 0 Å². The van der Waals surface area contributed by atoms with Crippen molar-refractivity contribution in [2.45, 2.75) is 31.6 Å². The molecule has 0 bridgehead atoms. The average Bonchev–Trinajstić information content (AvgIpc) is 3.18. The number of rotatable bonds is 5. The Balaban J connectivity index is 0.00000220. The van der Waals surface area contributed by atoms with Gasteiger partial charge in [-0.25, -0.2) is 9.98 Å². The third kappa shape index (κ3) is 7.34. The Labute approximate surface area is 137 Å². The molecule has 1 saturated carbocycles. The van der Waals surface area contributed by atoms with Crippen LogP contribution in [-0.4, -0.2) is 29.8 Å². The van der Waals surface area contributed by atoms with Crippen molar-refractivity contribution in [1.82, 2.24) is 10.3 Å². The van der Waals surface area contributed by atoms with Gasteiger partial charge in [-0.3, -0.25) is 0 Å². The third-order valence-electron chi connectivity index (χ3n) is 2.54. The van der Waals surface area contributed by atoms with Crippen LogP contribution in [0.1, 0.15) is 18.4 Å². The van der Waals surface area contributed by atoms with Crippen LogP contribution in [-0.2, 0) is 6.54 Å². The second kappa shape index (κ2) is 7.66. The fraction of sp³-hybridized carbons (Fsp3) is 0.500. The number of alkyl halides is 3. The summed E-state index contributed by atoms with van der Waals surface area (Å²) in [5.74, 6) is 0.295. The molecule has 0 aliphatic heterocycles. The molecule has 0 atom stereocenters. The minimum absolute atomic E-state index is 0. The normalized spacial score (nSPS) is 15.3. The molecule has 1 fully saturated rings. The second-order valence-electron chi connectivity index (χ2n) is 4.53. The Hall–Kier alpha value is -1.26. The monoisotopic (exact) mass is 416 g/mol. The summed E-state index contributed by atoms with van der Waals surface area (Å²) < 4.78 is 40.3. The first kappa shape index (κ1) is 17.8. The van der Waals surface area contributed by atoms with Gasteiger partial charge in [0.15, 0.2) is 12.6 Å². The van der Waals surface area contributed by atoms with Crippen molar-refractivity contribution in [3.8, 4) is 5.88 Å². The third-order valence-corrected chi connectivity index (χ3v) is 2.54. The van der Waals surface area contributed by atoms with Gasteiger partial charge in [0.1, 0.15) is 0 Å². The predicted molar refractivity (Wildman–Crippen MR) is 82.7 cm³/mol. The second-order valence-corrected chi connectivity index (χ2v) is 4.53. The van der Waals surface area contributed by atoms with Gasteiger partial charge in [-0.15, -0.1) is 24.0 Å². The fourth-order valence-electron chi connectivity index (χ4n) is 1.40. The molecule has 5 nitrogen and oxygen atoms in total. The van der Waals surface area contributed by atoms with Crippen molar-refractivity contribution in [2.24, 2.45) is 10.7 Å². The Morgan fingerprint density at radius 1 is 1.43 bits per heavy atom. The van der Waals surface area contributed by atoms with Crippen molar-refractivity contribution in [3.63, 3.8) is 0 Å². The highest BCUT2D eigenvalue weighted by Gasteiger charge is 2.28. The summed E-state index contributed by atoms with van der Waals surface area (Å²) in [6, 6.07) is 3.41. The van der Waals surface area contributed by atoms with Gasteiger partial charge in [0.25, 0.3) is 0 Å². The zero-order valence-corrected chi connectivity index (χ0v) is 13.4. The molecule has 0 aromatic carbocycles. The molecular weight excluding hydrogens is 400 g/mol. The number of aromatic nitrogens is 1. The summed E-state index contributed by atoms with van der Waals surface area (Å²) in [6.45, 7) is -1.03. The summed E-state index contributed by atoms with van der Waals surface area (Å²) in [5, 5.41) is 3.03. The molecule has 1 aliphatic rings. The quantitative estimate of drug-likeness (QED) is 0.439. The van der Waals surface area contributed by atoms with Gasteiger partial charge in [0.2, 0.25) is 5.88 Å². The lowest BCUT2D eigenvalue weighted by Gasteiger charge is -2.08. The number of halogens is 4. The Morgan fingerprint density at radius 3 is 2.67 bits per heavy atom. The van der Waals surface area contributed by atoms with E-state index in [1.54, 1.807) is 6.07 Å². The first-order chi connectivity index (χ1) is 9.42. The molecule has 0 amide bonds. The van der Waals surface area contributed by atoms with E-state index in [-0.39, 0.29) is 29.9 Å². The lowest BCUT2D eigenvalue weighted by molar-refractivity contribution is -0.154. The van der Waals surface area contributed by atoms with Crippen LogP contribution in [0.25, 0.3) is 0 Å². The van der Waals surface area contributed by atoms with Gasteiger partial charge >= 0.3 is 6.18 Å². The summed E-state index contributed by atoms with van der Waals surface area (Å²) in [5.41, 5.74) is 6.40. The molecule has 1 aromatic heterocycles. The molecule has 9 heteroatoms. The zero-order valence-electron chi connectivity index (χ0n) is 11.1. The number of ether oxygens (including phenoxy) is 1. The molecule has 21 heavy (non-hydrogen) atoms. The van der Waals surface area contributed by atoms with Gasteiger partial charge in [0.05, 0.1) is 6.54 Å². The van der Waals surface area contributed by atoms with Crippen molar-refractivity contribution < 1.29 is 17.9 Å². The summed E-state index contributed by atoms with van der Waals surface area (Å²) in [4.78, 5) is 7.89. The largest absolute Gasteiger partial charge is 0.468 e. The highest BCUT2D eigenvalue weighted by molar-refractivity contribution is 14.0. The number of pyridine rings is 1. The van der Waals surface area contributed by atoms with E-state index >= 15 is 0 Å². The number of nitrogens with two attached hydrogens (primary N) is 1. The lowest BCUT2D eigenvalue weighted by atomic mass is 10.3. The van der Waals surface area contributed by atoms with Crippen LogP contribution >= 0.6 is 24.0 Å². The lowest BCUT2D eigenvalue weighted by Crippen LogP contribution is -2.33. The molecule has 1 aromatic rings. The van der Waals surface area contributed by atoms with Crippen LogP contribution in [0.4, 0.5) is 13.2 Å². The standard InChI is InChI=1S/C12H15F3N4O.HI/c13-12(14,15)7-20-10-4-1-8(5-17-10)6-18-11(16)19-9-2-3-9;/h1,4-5,9H,2-3,6-7H2,(H3,16,18,19);1H. The smallest absolute Gasteiger partial charge is 0.422 e. The van der Waals surface area contributed by atoms with Gasteiger partial charge in [-0.05, 0) is 18.4 Å². The Kier molecular flexibility index (Phi) is 6.49. The van der Waals surface area contributed by atoms with Crippen LogP contribution in [0, 0.1) is 0 Å². The molecule has 118 valence electrons. The van der Waals surface area contributed by atoms with E-state index < -0.39 is 12.8 Å². The van der Waals surface area contributed by atoms with E-state index in [1.165, 1.54) is 12.3 Å². The first-order valence-corrected chi connectivity index (χ1v) is 6.13. The van der Waals surface area contributed by atoms with Crippen LogP contribution in [0.15, 0.2) is 23.3 Å². The number of nitrogens with zero attached hydrogens (tertiary/aromatic N) is 2. The number of aliphatic imine (C=N–C) groups is 1. The van der Waals surface area contributed by atoms with Gasteiger partial charge in [-0.2, -0.15) is 13.2 Å². The maximum absolute atomic E-state index is 11.9. The van der Waals surface area contributed by atoms with E-state index in [1.807, 2.05) is 0 Å². The number of nitrogens with one attached hydrogen (secondary N) is 1. The topological polar surface area (TPSA) is 72.5 Å². The summed E-state index contributed by atoms with van der Waals surface area (Å²) in [6.07, 6.45) is -0.751. The number of hydrogen-bond acceptors (Lipinski definition) is 3. The van der Waals surface area contributed by atoms with Crippen molar-refractivity contribution in [2.75, 3.05) is 6.61 Å². The predicted octanol–water partition coefficient (Wildman–Crippen LogP) is 2.21. The van der Waals surface area contributed by atoms with Crippen LogP contribution in [0.3, 0.4) is 0 Å². The fourth-order valence-corrected chi connectivity index (χ4v) is 1.40. The minimum atomic E-state index is -4.37. The maximum atomic E-state index is 11.9. The number of guanidine groups is 1. The van der Waals surface area contributed by atoms with Gasteiger partial charge in [-0.1, -0.05) is 6.07 Å². The van der Waals surface area contributed by atoms with Gasteiger partial charge in [0, 0.05) is 18.3 Å². The summed E-state index contributed by atoms with van der Waals surface area (Å²) >= 11 is 0. The van der Waals surface area contributed by atoms with E-state index in [0.29, 0.717) is 18.5 Å². The van der Waals surface area contributed by atoms with Gasteiger partial charge < -0.3 is 15.8 Å². The SMILES string of the molecule is I.NC(=NCc1ccc(OCC(F)(F)F)nc1)NC1CC1. The average molecular weight is 416 g/mol. The molecule has 0 spiro atoms. The highest BCUT2D eigenvalue weighted by atomic mass is 127. The molecular formula is C12H16F3IN4O. The van der Waals surface area contributed by atoms with Crippen molar-refractivity contribution in [3.05, 3.63) is 23.9 Å². The van der Waals surface area contributed by atoms with Crippen molar-refractivity contribution >= 4 is 29.9 Å². The molecule has 0 unspecified atom stereocenters. The molecule has 3 N–H and O–H groups in total.